The second-order valence-corrected chi connectivity index (χ2v) is 11.1. The maximum atomic E-state index is 13.7. The molecule has 3 heterocycles. The first-order valence-electron chi connectivity index (χ1n) is 14.0. The lowest BCUT2D eigenvalue weighted by atomic mass is 9.98. The Balaban J connectivity index is 1.40. The van der Waals surface area contributed by atoms with Gasteiger partial charge in [-0.25, -0.2) is 0 Å². The van der Waals surface area contributed by atoms with Crippen LogP contribution >= 0.6 is 0 Å². The molecule has 1 fully saturated rings. The summed E-state index contributed by atoms with van der Waals surface area (Å²) in [7, 11) is 2.03. The topological polar surface area (TPSA) is 110 Å². The molecule has 1 saturated heterocycles. The van der Waals surface area contributed by atoms with Crippen molar-refractivity contribution in [2.24, 2.45) is 11.8 Å². The monoisotopic (exact) mass is 553 g/mol. The molecular formula is C30H39N3O7. The molecule has 2 amide bonds. The first-order chi connectivity index (χ1) is 19.3. The van der Waals surface area contributed by atoms with E-state index in [1.54, 1.807) is 23.1 Å². The third-order valence-corrected chi connectivity index (χ3v) is 7.92. The molecule has 0 aromatic heterocycles. The summed E-state index contributed by atoms with van der Waals surface area (Å²) >= 11 is 0. The number of aliphatic hydroxyl groups excluding tert-OH is 1. The molecule has 0 saturated carbocycles. The van der Waals surface area contributed by atoms with Gasteiger partial charge in [0.2, 0.25) is 12.7 Å². The molecule has 0 radical (unpaired) electrons. The van der Waals surface area contributed by atoms with Crippen LogP contribution in [-0.4, -0.2) is 85.6 Å². The minimum absolute atomic E-state index is 0.0513. The Hall–Kier alpha value is -3.34. The number of fused-ring (bicyclic) bond motifs is 2. The van der Waals surface area contributed by atoms with E-state index in [4.69, 9.17) is 18.9 Å². The summed E-state index contributed by atoms with van der Waals surface area (Å²) in [5.41, 5.74) is 1.94. The highest BCUT2D eigenvalue weighted by Gasteiger charge is 2.35. The molecule has 2 N–H and O–H groups in total. The number of carbonyl (C=O) groups is 2. The van der Waals surface area contributed by atoms with Crippen molar-refractivity contribution in [3.63, 3.8) is 0 Å². The molecule has 3 aliphatic heterocycles. The molecule has 10 nitrogen and oxygen atoms in total. The summed E-state index contributed by atoms with van der Waals surface area (Å²) in [6, 6.07) is 10.8. The number of nitrogens with zero attached hydrogens (tertiary/aromatic N) is 2. The van der Waals surface area contributed by atoms with Crippen LogP contribution in [0, 0.1) is 11.8 Å². The largest absolute Gasteiger partial charge is 0.486 e. The number of likely N-dealkylation sites (N-methyl/N-ethyl adjacent to an activating group) is 1. The summed E-state index contributed by atoms with van der Waals surface area (Å²) in [6.45, 7) is 6.76. The number of nitrogens with one attached hydrogen (secondary N) is 1. The van der Waals surface area contributed by atoms with E-state index >= 15 is 0 Å². The Morgan fingerprint density at radius 1 is 1.18 bits per heavy atom. The van der Waals surface area contributed by atoms with E-state index in [0.29, 0.717) is 62.7 Å². The van der Waals surface area contributed by atoms with Crippen LogP contribution in [0.25, 0.3) is 0 Å². The molecule has 0 bridgehead atoms. The number of hydrogen-bond donors (Lipinski definition) is 2. The minimum atomic E-state index is -0.367. The quantitative estimate of drug-likeness (QED) is 0.513. The number of ether oxygens (including phenoxy) is 4. The lowest BCUT2D eigenvalue weighted by Crippen LogP contribution is -2.49. The van der Waals surface area contributed by atoms with Crippen LogP contribution in [-0.2, 0) is 16.1 Å². The van der Waals surface area contributed by atoms with Crippen molar-refractivity contribution in [3.8, 4) is 17.2 Å². The number of carbonyl (C=O) groups excluding carboxylic acids is 2. The van der Waals surface area contributed by atoms with Gasteiger partial charge in [-0.1, -0.05) is 19.1 Å². The van der Waals surface area contributed by atoms with Gasteiger partial charge in [0.25, 0.3) is 5.91 Å². The Labute approximate surface area is 235 Å². The Morgan fingerprint density at radius 2 is 1.95 bits per heavy atom. The van der Waals surface area contributed by atoms with Crippen molar-refractivity contribution in [1.29, 1.82) is 0 Å². The van der Waals surface area contributed by atoms with Crippen molar-refractivity contribution < 1.29 is 33.6 Å². The first-order valence-corrected chi connectivity index (χ1v) is 14.0. The van der Waals surface area contributed by atoms with Gasteiger partial charge in [0.15, 0.2) is 17.2 Å². The number of benzene rings is 2. The van der Waals surface area contributed by atoms with Crippen LogP contribution in [0.3, 0.4) is 0 Å². The molecule has 3 aliphatic rings. The number of para-hydroxylation sites is 1. The SMILES string of the molecule is C[C@H](CO)N1C[C@H](C)[C@@H](CN(C)Cc2ccc3c(c2)OCO3)Oc2c(NC(=O)C3CCOCC3)cccc2C1=O. The highest BCUT2D eigenvalue weighted by atomic mass is 16.7. The second-order valence-electron chi connectivity index (χ2n) is 11.1. The highest BCUT2D eigenvalue weighted by Crippen LogP contribution is 2.36. The average Bonchev–Trinajstić information content (AvgIpc) is 3.43. The first kappa shape index (κ1) is 28.2. The molecule has 3 atom stereocenters. The lowest BCUT2D eigenvalue weighted by Gasteiger charge is -2.38. The van der Waals surface area contributed by atoms with E-state index in [0.717, 1.165) is 17.1 Å². The number of rotatable bonds is 8. The highest BCUT2D eigenvalue weighted by molar-refractivity contribution is 6.02. The fraction of sp³-hybridized carbons (Fsp3) is 0.533. The van der Waals surface area contributed by atoms with Gasteiger partial charge in [-0.15, -0.1) is 0 Å². The molecule has 0 unspecified atom stereocenters. The molecule has 0 spiro atoms. The molecule has 5 rings (SSSR count). The number of hydrogen-bond acceptors (Lipinski definition) is 8. The second kappa shape index (κ2) is 12.4. The van der Waals surface area contributed by atoms with E-state index in [2.05, 4.69) is 17.1 Å². The zero-order valence-corrected chi connectivity index (χ0v) is 23.4. The van der Waals surface area contributed by atoms with Gasteiger partial charge in [-0.05, 0) is 56.6 Å². The van der Waals surface area contributed by atoms with Gasteiger partial charge in [0, 0.05) is 44.7 Å². The van der Waals surface area contributed by atoms with Crippen LogP contribution in [0.1, 0.15) is 42.6 Å². The third kappa shape index (κ3) is 6.19. The molecule has 10 heteroatoms. The van der Waals surface area contributed by atoms with E-state index in [1.807, 2.05) is 32.2 Å². The van der Waals surface area contributed by atoms with Crippen molar-refractivity contribution in [3.05, 3.63) is 47.5 Å². The van der Waals surface area contributed by atoms with Crippen LogP contribution < -0.4 is 19.5 Å². The number of amides is 2. The number of aliphatic hydroxyl groups is 1. The summed E-state index contributed by atoms with van der Waals surface area (Å²) in [5, 5.41) is 13.0. The summed E-state index contributed by atoms with van der Waals surface area (Å²) < 4.78 is 23.0. The lowest BCUT2D eigenvalue weighted by molar-refractivity contribution is -0.122. The summed E-state index contributed by atoms with van der Waals surface area (Å²) in [5.74, 6) is 1.34. The Morgan fingerprint density at radius 3 is 2.73 bits per heavy atom. The van der Waals surface area contributed by atoms with Gasteiger partial charge in [-0.3, -0.25) is 14.5 Å². The summed E-state index contributed by atoms with van der Waals surface area (Å²) in [6.07, 6.45) is 1.03. The van der Waals surface area contributed by atoms with Crippen molar-refractivity contribution in [2.75, 3.05) is 52.1 Å². The fourth-order valence-corrected chi connectivity index (χ4v) is 5.48. The third-order valence-electron chi connectivity index (χ3n) is 7.92. The van der Waals surface area contributed by atoms with E-state index in [9.17, 15) is 14.7 Å². The molecule has 40 heavy (non-hydrogen) atoms. The van der Waals surface area contributed by atoms with E-state index in [-0.39, 0.29) is 49.2 Å². The predicted molar refractivity (Wildman–Crippen MR) is 149 cm³/mol. The molecule has 2 aromatic carbocycles. The van der Waals surface area contributed by atoms with Crippen LogP contribution in [0.2, 0.25) is 0 Å². The zero-order valence-electron chi connectivity index (χ0n) is 23.4. The Kier molecular flexibility index (Phi) is 8.78. The minimum Gasteiger partial charge on any atom is -0.486 e. The fourth-order valence-electron chi connectivity index (χ4n) is 5.48. The van der Waals surface area contributed by atoms with Crippen LogP contribution in [0.4, 0.5) is 5.69 Å². The smallest absolute Gasteiger partial charge is 0.258 e. The van der Waals surface area contributed by atoms with Crippen molar-refractivity contribution in [2.45, 2.75) is 45.4 Å². The van der Waals surface area contributed by atoms with E-state index < -0.39 is 0 Å². The normalized spacial score (nSPS) is 21.8. The van der Waals surface area contributed by atoms with Gasteiger partial charge >= 0.3 is 0 Å². The van der Waals surface area contributed by atoms with Crippen LogP contribution in [0.15, 0.2) is 36.4 Å². The maximum absolute atomic E-state index is 13.7. The standard InChI is InChI=1S/C30H39N3O7/c1-19-14-33(20(2)17-34)30(36)23-5-4-6-24(31-29(35)22-9-11-37-12-10-22)28(23)40-27(19)16-32(3)15-21-7-8-25-26(13-21)39-18-38-25/h4-8,13,19-20,22,27,34H,9-12,14-18H2,1-3H3,(H,31,35)/t19-,20+,27+/m0/s1. The predicted octanol–water partition coefficient (Wildman–Crippen LogP) is 3.13. The summed E-state index contributed by atoms with van der Waals surface area (Å²) in [4.78, 5) is 30.7. The van der Waals surface area contributed by atoms with Gasteiger partial charge < -0.3 is 34.3 Å². The van der Waals surface area contributed by atoms with E-state index in [1.165, 1.54) is 0 Å². The zero-order chi connectivity index (χ0) is 28.2. The average molecular weight is 554 g/mol. The van der Waals surface area contributed by atoms with Crippen molar-refractivity contribution >= 4 is 17.5 Å². The van der Waals surface area contributed by atoms with Gasteiger partial charge in [-0.2, -0.15) is 0 Å². The Bertz CT molecular complexity index is 1220. The molecular weight excluding hydrogens is 514 g/mol. The molecule has 2 aromatic rings. The van der Waals surface area contributed by atoms with Gasteiger partial charge in [0.1, 0.15) is 6.10 Å². The van der Waals surface area contributed by atoms with Gasteiger partial charge in [0.05, 0.1) is 23.9 Å². The maximum Gasteiger partial charge on any atom is 0.258 e. The molecule has 0 aliphatic carbocycles. The molecule has 216 valence electrons. The number of anilines is 1. The van der Waals surface area contributed by atoms with Crippen LogP contribution in [0.5, 0.6) is 17.2 Å². The van der Waals surface area contributed by atoms with Crippen molar-refractivity contribution in [1.82, 2.24) is 9.80 Å².